The Hall–Kier alpha value is -3.34. The molecule has 1 atom stereocenters. The summed E-state index contributed by atoms with van der Waals surface area (Å²) < 4.78 is 6.36. The van der Waals surface area contributed by atoms with Crippen LogP contribution in [0.5, 0.6) is 11.5 Å². The van der Waals surface area contributed by atoms with Crippen molar-refractivity contribution in [2.24, 2.45) is 0 Å². The minimum atomic E-state index is -1.62. The molecular weight excluding hydrogens is 395 g/mol. The number of hydrogen-bond donors (Lipinski definition) is 2. The predicted molar refractivity (Wildman–Crippen MR) is 128 cm³/mol. The Morgan fingerprint density at radius 3 is 2.19 bits per heavy atom. The van der Waals surface area contributed by atoms with Gasteiger partial charge in [-0.3, -0.25) is 0 Å². The van der Waals surface area contributed by atoms with Gasteiger partial charge in [0.2, 0.25) is 0 Å². The zero-order valence-electron chi connectivity index (χ0n) is 18.3. The summed E-state index contributed by atoms with van der Waals surface area (Å²) >= 11 is 0. The molecule has 0 bridgehead atoms. The Balaban J connectivity index is 1.88. The average Bonchev–Trinajstić information content (AvgIpc) is 3.08. The first kappa shape index (κ1) is 19.4. The second-order valence-electron chi connectivity index (χ2n) is 8.86. The van der Waals surface area contributed by atoms with Crippen molar-refractivity contribution in [1.29, 1.82) is 0 Å². The van der Waals surface area contributed by atoms with E-state index in [9.17, 15) is 10.0 Å². The van der Waals surface area contributed by atoms with Crippen molar-refractivity contribution >= 4 is 12.6 Å². The number of hydrogen-bond acceptors (Lipinski definition) is 3. The molecule has 0 aromatic heterocycles. The SMILES string of the molecule is Cc1cc2c(c(C)c1C)C1(c3ccccc3Oc3c(B(O)O)cccc31)c1ccccc1-2. The summed E-state index contributed by atoms with van der Waals surface area (Å²) in [6.07, 6.45) is 0. The van der Waals surface area contributed by atoms with Crippen LogP contribution < -0.4 is 10.2 Å². The van der Waals surface area contributed by atoms with Gasteiger partial charge in [-0.2, -0.15) is 0 Å². The molecule has 4 heteroatoms. The van der Waals surface area contributed by atoms with E-state index in [-0.39, 0.29) is 0 Å². The molecule has 1 aliphatic heterocycles. The van der Waals surface area contributed by atoms with Crippen molar-refractivity contribution in [1.82, 2.24) is 0 Å². The highest BCUT2D eigenvalue weighted by Gasteiger charge is 2.52. The van der Waals surface area contributed by atoms with E-state index in [4.69, 9.17) is 4.74 Å². The highest BCUT2D eigenvalue weighted by molar-refractivity contribution is 6.59. The molecule has 1 unspecified atom stereocenters. The molecule has 3 nitrogen and oxygen atoms in total. The average molecular weight is 418 g/mol. The van der Waals surface area contributed by atoms with Gasteiger partial charge >= 0.3 is 7.12 Å². The van der Waals surface area contributed by atoms with Gasteiger partial charge in [0.25, 0.3) is 0 Å². The molecule has 2 N–H and O–H groups in total. The van der Waals surface area contributed by atoms with E-state index in [2.05, 4.69) is 69.3 Å². The number of fused-ring (bicyclic) bond motifs is 9. The third-order valence-electron chi connectivity index (χ3n) is 7.39. The standard InChI is InChI=1S/C28H23BO3/c1-16-15-20-19-9-4-5-10-21(19)28(26(20)18(3)17(16)2)22-11-6-7-14-25(22)32-27-23(28)12-8-13-24(27)29(30)31/h4-15,30-31H,1-3H3. The molecule has 4 aromatic rings. The Kier molecular flexibility index (Phi) is 3.98. The van der Waals surface area contributed by atoms with Gasteiger partial charge in [0.15, 0.2) is 0 Å². The summed E-state index contributed by atoms with van der Waals surface area (Å²) in [6.45, 7) is 6.56. The third kappa shape index (κ3) is 2.23. The maximum absolute atomic E-state index is 10.2. The molecule has 156 valence electrons. The Morgan fingerprint density at radius 2 is 1.41 bits per heavy atom. The molecule has 0 fully saturated rings. The maximum Gasteiger partial charge on any atom is 0.492 e. The molecule has 1 aliphatic carbocycles. The molecule has 6 rings (SSSR count). The Morgan fingerprint density at radius 1 is 0.719 bits per heavy atom. The molecule has 2 aliphatic rings. The largest absolute Gasteiger partial charge is 0.492 e. The van der Waals surface area contributed by atoms with Crippen molar-refractivity contribution in [2.45, 2.75) is 26.2 Å². The van der Waals surface area contributed by atoms with Crippen LogP contribution in [0.3, 0.4) is 0 Å². The summed E-state index contributed by atoms with van der Waals surface area (Å²) in [4.78, 5) is 0. The van der Waals surface area contributed by atoms with E-state index in [0.29, 0.717) is 11.2 Å². The Labute approximate surface area is 188 Å². The summed E-state index contributed by atoms with van der Waals surface area (Å²) in [5.41, 5.74) is 10.5. The normalized spacial score (nSPS) is 17.3. The van der Waals surface area contributed by atoms with E-state index in [1.165, 1.54) is 38.9 Å². The van der Waals surface area contributed by atoms with Crippen molar-refractivity contribution in [3.8, 4) is 22.6 Å². The maximum atomic E-state index is 10.2. The van der Waals surface area contributed by atoms with E-state index in [0.717, 1.165) is 16.9 Å². The second-order valence-corrected chi connectivity index (χ2v) is 8.86. The van der Waals surface area contributed by atoms with Gasteiger partial charge in [-0.1, -0.05) is 66.7 Å². The summed E-state index contributed by atoms with van der Waals surface area (Å²) in [5.74, 6) is 1.27. The van der Waals surface area contributed by atoms with Gasteiger partial charge in [-0.05, 0) is 65.8 Å². The first-order chi connectivity index (χ1) is 15.5. The van der Waals surface area contributed by atoms with Crippen LogP contribution in [0.15, 0.2) is 72.8 Å². The molecule has 4 aromatic carbocycles. The molecule has 0 saturated carbocycles. The number of ether oxygens (including phenoxy) is 1. The van der Waals surface area contributed by atoms with Crippen molar-refractivity contribution in [2.75, 3.05) is 0 Å². The highest BCUT2D eigenvalue weighted by Crippen LogP contribution is 2.62. The fraction of sp³-hybridized carbons (Fsp3) is 0.143. The first-order valence-corrected chi connectivity index (χ1v) is 10.9. The lowest BCUT2D eigenvalue weighted by Crippen LogP contribution is -2.38. The van der Waals surface area contributed by atoms with Gasteiger partial charge in [-0.25, -0.2) is 0 Å². The van der Waals surface area contributed by atoms with Crippen LogP contribution >= 0.6 is 0 Å². The van der Waals surface area contributed by atoms with Crippen LogP contribution in [0.25, 0.3) is 11.1 Å². The van der Waals surface area contributed by atoms with Crippen LogP contribution in [-0.4, -0.2) is 17.2 Å². The van der Waals surface area contributed by atoms with Crippen molar-refractivity contribution in [3.05, 3.63) is 112 Å². The monoisotopic (exact) mass is 418 g/mol. The zero-order chi connectivity index (χ0) is 22.2. The van der Waals surface area contributed by atoms with Gasteiger partial charge in [0, 0.05) is 16.6 Å². The number of aryl methyl sites for hydroxylation is 1. The van der Waals surface area contributed by atoms with Crippen LogP contribution in [0.4, 0.5) is 0 Å². The number of para-hydroxylation sites is 2. The van der Waals surface area contributed by atoms with E-state index >= 15 is 0 Å². The van der Waals surface area contributed by atoms with Crippen LogP contribution in [0.2, 0.25) is 0 Å². The van der Waals surface area contributed by atoms with Crippen LogP contribution in [0, 0.1) is 20.8 Å². The van der Waals surface area contributed by atoms with Gasteiger partial charge in [0.1, 0.15) is 11.5 Å². The van der Waals surface area contributed by atoms with E-state index in [1.54, 1.807) is 6.07 Å². The molecule has 0 amide bonds. The molecule has 1 spiro atoms. The molecule has 0 saturated heterocycles. The minimum Gasteiger partial charge on any atom is -0.457 e. The zero-order valence-corrected chi connectivity index (χ0v) is 18.3. The van der Waals surface area contributed by atoms with E-state index in [1.807, 2.05) is 18.2 Å². The second kappa shape index (κ2) is 6.58. The highest BCUT2D eigenvalue weighted by atomic mass is 16.5. The lowest BCUT2D eigenvalue weighted by molar-refractivity contribution is 0.413. The smallest absolute Gasteiger partial charge is 0.457 e. The quantitative estimate of drug-likeness (QED) is 0.379. The van der Waals surface area contributed by atoms with Crippen molar-refractivity contribution < 1.29 is 14.8 Å². The third-order valence-corrected chi connectivity index (χ3v) is 7.39. The molecule has 0 radical (unpaired) electrons. The minimum absolute atomic E-state index is 0.379. The fourth-order valence-electron chi connectivity index (χ4n) is 5.80. The number of rotatable bonds is 1. The van der Waals surface area contributed by atoms with E-state index < -0.39 is 12.5 Å². The predicted octanol–water partition coefficient (Wildman–Crippen LogP) is 4.76. The summed E-state index contributed by atoms with van der Waals surface area (Å²) in [5, 5.41) is 20.3. The molecule has 32 heavy (non-hydrogen) atoms. The lowest BCUT2D eigenvalue weighted by Gasteiger charge is -2.41. The lowest BCUT2D eigenvalue weighted by atomic mass is 9.63. The van der Waals surface area contributed by atoms with Crippen LogP contribution in [-0.2, 0) is 5.41 Å². The fourth-order valence-corrected chi connectivity index (χ4v) is 5.80. The van der Waals surface area contributed by atoms with Gasteiger partial charge in [0.05, 0.1) is 5.41 Å². The first-order valence-electron chi connectivity index (χ1n) is 10.9. The molecular formula is C28H23BO3. The van der Waals surface area contributed by atoms with Gasteiger partial charge < -0.3 is 14.8 Å². The summed E-state index contributed by atoms with van der Waals surface area (Å²) in [6, 6.07) is 24.7. The molecule has 1 heterocycles. The summed E-state index contributed by atoms with van der Waals surface area (Å²) in [7, 11) is -1.62. The Bertz CT molecular complexity index is 1420. The number of benzene rings is 4. The van der Waals surface area contributed by atoms with Gasteiger partial charge in [-0.15, -0.1) is 0 Å². The topological polar surface area (TPSA) is 49.7 Å². The van der Waals surface area contributed by atoms with Crippen LogP contribution in [0.1, 0.15) is 38.9 Å². The van der Waals surface area contributed by atoms with Crippen molar-refractivity contribution in [3.63, 3.8) is 0 Å².